The second-order valence-corrected chi connectivity index (χ2v) is 6.64. The summed E-state index contributed by atoms with van der Waals surface area (Å²) in [6, 6.07) is -0.302. The quantitative estimate of drug-likeness (QED) is 0.608. The lowest BCUT2D eigenvalue weighted by atomic mass is 9.98. The fraction of sp³-hybridized carbons (Fsp3) is 0.846. The van der Waals surface area contributed by atoms with Crippen molar-refractivity contribution in [1.82, 2.24) is 15.1 Å². The topological polar surface area (TPSA) is 52.7 Å². The normalized spacial score (nSPS) is 27.9. The Morgan fingerprint density at radius 1 is 1.42 bits per heavy atom. The minimum Gasteiger partial charge on any atom is -0.322 e. The average molecular weight is 285 g/mol. The van der Waals surface area contributed by atoms with Crippen molar-refractivity contribution in [3.63, 3.8) is 0 Å². The second kappa shape index (κ2) is 5.71. The Balaban J connectivity index is 1.98. The van der Waals surface area contributed by atoms with Crippen LogP contribution < -0.4 is 5.32 Å². The van der Waals surface area contributed by atoms with Gasteiger partial charge in [-0.2, -0.15) is 11.8 Å². The van der Waals surface area contributed by atoms with Gasteiger partial charge < -0.3 is 10.2 Å². The molecule has 0 aromatic heterocycles. The number of carbonyl (C=O) groups excluding carboxylic acids is 2. The minimum absolute atomic E-state index is 0.0418. The highest BCUT2D eigenvalue weighted by Crippen LogP contribution is 2.29. The number of nitrogens with zero attached hydrogens (tertiary/aromatic N) is 2. The fourth-order valence-corrected chi connectivity index (χ4v) is 3.32. The number of amides is 3. The fourth-order valence-electron chi connectivity index (χ4n) is 2.90. The Morgan fingerprint density at radius 3 is 2.74 bits per heavy atom. The first-order valence-electron chi connectivity index (χ1n) is 6.87. The third-order valence-electron chi connectivity index (χ3n) is 3.88. The van der Waals surface area contributed by atoms with Gasteiger partial charge in [-0.05, 0) is 45.2 Å². The number of hydrogen-bond acceptors (Lipinski definition) is 4. The van der Waals surface area contributed by atoms with E-state index in [1.54, 1.807) is 0 Å². The van der Waals surface area contributed by atoms with E-state index in [1.165, 1.54) is 4.90 Å². The zero-order valence-electron chi connectivity index (χ0n) is 11.9. The van der Waals surface area contributed by atoms with E-state index >= 15 is 0 Å². The van der Waals surface area contributed by atoms with Gasteiger partial charge in [-0.15, -0.1) is 0 Å². The van der Waals surface area contributed by atoms with Crippen LogP contribution in [0.15, 0.2) is 0 Å². The first-order valence-corrected chi connectivity index (χ1v) is 8.26. The standard InChI is InChI=1S/C13H23N3O2S/c1-10(2)16-11(17)13(14-12(16)18)5-7-15(9-13)6-4-8-19-3/h10H,4-9H2,1-3H3,(H,14,18)/t13-/m1/s1. The molecule has 19 heavy (non-hydrogen) atoms. The number of thioether (sulfide) groups is 1. The van der Waals surface area contributed by atoms with E-state index in [9.17, 15) is 9.59 Å². The average Bonchev–Trinajstić information content (AvgIpc) is 2.83. The molecule has 0 bridgehead atoms. The summed E-state index contributed by atoms with van der Waals surface area (Å²) in [5.41, 5.74) is -0.652. The van der Waals surface area contributed by atoms with E-state index in [0.29, 0.717) is 6.54 Å². The van der Waals surface area contributed by atoms with Gasteiger partial charge in [0.1, 0.15) is 5.54 Å². The Kier molecular flexibility index (Phi) is 4.40. The van der Waals surface area contributed by atoms with Crippen molar-refractivity contribution in [2.75, 3.05) is 31.6 Å². The summed E-state index contributed by atoms with van der Waals surface area (Å²) >= 11 is 1.84. The number of hydrogen-bond donors (Lipinski definition) is 1. The minimum atomic E-state index is -0.652. The van der Waals surface area contributed by atoms with Crippen LogP contribution in [-0.2, 0) is 4.79 Å². The number of carbonyl (C=O) groups is 2. The zero-order chi connectivity index (χ0) is 14.0. The van der Waals surface area contributed by atoms with Crippen molar-refractivity contribution >= 4 is 23.7 Å². The Morgan fingerprint density at radius 2 is 2.16 bits per heavy atom. The summed E-state index contributed by atoms with van der Waals surface area (Å²) in [5.74, 6) is 1.10. The van der Waals surface area contributed by atoms with Crippen LogP contribution >= 0.6 is 11.8 Å². The lowest BCUT2D eigenvalue weighted by Crippen LogP contribution is -2.49. The highest BCUT2D eigenvalue weighted by molar-refractivity contribution is 7.98. The molecule has 5 nitrogen and oxygen atoms in total. The third-order valence-corrected chi connectivity index (χ3v) is 4.58. The molecule has 0 radical (unpaired) electrons. The van der Waals surface area contributed by atoms with Crippen molar-refractivity contribution in [3.05, 3.63) is 0 Å². The third kappa shape index (κ3) is 2.74. The number of urea groups is 1. The lowest BCUT2D eigenvalue weighted by molar-refractivity contribution is -0.132. The van der Waals surface area contributed by atoms with E-state index in [1.807, 2.05) is 25.6 Å². The van der Waals surface area contributed by atoms with Gasteiger partial charge in [-0.3, -0.25) is 9.69 Å². The summed E-state index contributed by atoms with van der Waals surface area (Å²) < 4.78 is 0. The van der Waals surface area contributed by atoms with Crippen molar-refractivity contribution in [3.8, 4) is 0 Å². The monoisotopic (exact) mass is 285 g/mol. The number of rotatable bonds is 5. The van der Waals surface area contributed by atoms with Crippen LogP contribution in [0.4, 0.5) is 4.79 Å². The van der Waals surface area contributed by atoms with Crippen molar-refractivity contribution < 1.29 is 9.59 Å². The lowest BCUT2D eigenvalue weighted by Gasteiger charge is -2.23. The smallest absolute Gasteiger partial charge is 0.322 e. The molecule has 1 atom stereocenters. The van der Waals surface area contributed by atoms with Crippen LogP contribution in [0.1, 0.15) is 26.7 Å². The maximum absolute atomic E-state index is 12.5. The molecule has 1 N–H and O–H groups in total. The van der Waals surface area contributed by atoms with Gasteiger partial charge in [0.05, 0.1) is 0 Å². The van der Waals surface area contributed by atoms with E-state index in [4.69, 9.17) is 0 Å². The van der Waals surface area contributed by atoms with Crippen molar-refractivity contribution in [2.24, 2.45) is 0 Å². The molecule has 1 spiro atoms. The van der Waals surface area contributed by atoms with Crippen LogP contribution in [0.2, 0.25) is 0 Å². The number of likely N-dealkylation sites (tertiary alicyclic amines) is 1. The van der Waals surface area contributed by atoms with E-state index in [0.717, 1.165) is 31.7 Å². The highest BCUT2D eigenvalue weighted by Gasteiger charge is 2.54. The van der Waals surface area contributed by atoms with Gasteiger partial charge in [0.2, 0.25) is 0 Å². The second-order valence-electron chi connectivity index (χ2n) is 5.65. The number of nitrogens with one attached hydrogen (secondary N) is 1. The van der Waals surface area contributed by atoms with E-state index in [-0.39, 0.29) is 18.0 Å². The molecule has 0 aromatic rings. The van der Waals surface area contributed by atoms with Gasteiger partial charge in [-0.25, -0.2) is 4.79 Å². The van der Waals surface area contributed by atoms with Gasteiger partial charge in [0.15, 0.2) is 0 Å². The van der Waals surface area contributed by atoms with Crippen molar-refractivity contribution in [1.29, 1.82) is 0 Å². The molecule has 2 rings (SSSR count). The molecule has 2 heterocycles. The predicted octanol–water partition coefficient (Wildman–Crippen LogP) is 1.14. The highest BCUT2D eigenvalue weighted by atomic mass is 32.2. The Bertz CT molecular complexity index is 375. The van der Waals surface area contributed by atoms with Gasteiger partial charge in [0.25, 0.3) is 5.91 Å². The molecule has 0 saturated carbocycles. The molecule has 0 unspecified atom stereocenters. The molecular formula is C13H23N3O2S. The van der Waals surface area contributed by atoms with Crippen LogP contribution in [-0.4, -0.2) is 65.0 Å². The van der Waals surface area contributed by atoms with Crippen LogP contribution in [0.5, 0.6) is 0 Å². The molecule has 2 saturated heterocycles. The van der Waals surface area contributed by atoms with Crippen LogP contribution in [0.25, 0.3) is 0 Å². The van der Waals surface area contributed by atoms with Gasteiger partial charge in [0, 0.05) is 19.1 Å². The van der Waals surface area contributed by atoms with Crippen LogP contribution in [0.3, 0.4) is 0 Å². The van der Waals surface area contributed by atoms with Crippen molar-refractivity contribution in [2.45, 2.75) is 38.3 Å². The largest absolute Gasteiger partial charge is 0.325 e. The maximum atomic E-state index is 12.5. The molecule has 2 aliphatic heterocycles. The summed E-state index contributed by atoms with van der Waals surface area (Å²) in [7, 11) is 0. The summed E-state index contributed by atoms with van der Waals surface area (Å²) in [6.45, 7) is 6.32. The SMILES string of the molecule is CSCCCN1CC[C@]2(C1)NC(=O)N(C(C)C)C2=O. The molecule has 0 aliphatic carbocycles. The molecule has 0 aromatic carbocycles. The molecule has 2 fully saturated rings. The predicted molar refractivity (Wildman–Crippen MR) is 77.3 cm³/mol. The summed E-state index contributed by atoms with van der Waals surface area (Å²) in [6.07, 6.45) is 3.97. The molecular weight excluding hydrogens is 262 g/mol. The molecule has 3 amide bonds. The Hall–Kier alpha value is -0.750. The summed E-state index contributed by atoms with van der Waals surface area (Å²) in [5, 5.41) is 2.92. The zero-order valence-corrected chi connectivity index (χ0v) is 12.8. The van der Waals surface area contributed by atoms with Crippen LogP contribution in [0, 0.1) is 0 Å². The first kappa shape index (κ1) is 14.7. The molecule has 6 heteroatoms. The van der Waals surface area contributed by atoms with E-state index < -0.39 is 5.54 Å². The number of imide groups is 1. The molecule has 108 valence electrons. The maximum Gasteiger partial charge on any atom is 0.325 e. The Labute approximate surface area is 119 Å². The first-order chi connectivity index (χ1) is 9.00. The molecule has 2 aliphatic rings. The summed E-state index contributed by atoms with van der Waals surface area (Å²) in [4.78, 5) is 28.1. The van der Waals surface area contributed by atoms with E-state index in [2.05, 4.69) is 16.5 Å². The van der Waals surface area contributed by atoms with Gasteiger partial charge in [-0.1, -0.05) is 0 Å². The van der Waals surface area contributed by atoms with Gasteiger partial charge >= 0.3 is 6.03 Å².